The van der Waals surface area contributed by atoms with E-state index in [-0.39, 0.29) is 31.1 Å². The summed E-state index contributed by atoms with van der Waals surface area (Å²) in [6.07, 6.45) is -5.10. The number of aromatic hydroxyl groups is 1. The maximum Gasteiger partial charge on any atom is 0.416 e. The fraction of sp³-hybridized carbons (Fsp3) is 0.481. The van der Waals surface area contributed by atoms with Crippen molar-refractivity contribution in [3.8, 4) is 11.5 Å². The van der Waals surface area contributed by atoms with E-state index in [0.29, 0.717) is 5.56 Å². The van der Waals surface area contributed by atoms with E-state index in [2.05, 4.69) is 10.3 Å². The van der Waals surface area contributed by atoms with Crippen molar-refractivity contribution in [1.82, 2.24) is 10.3 Å². The van der Waals surface area contributed by atoms with Gasteiger partial charge in [0.25, 0.3) is 5.91 Å². The van der Waals surface area contributed by atoms with Gasteiger partial charge in [0, 0.05) is 18.2 Å². The Morgan fingerprint density at radius 1 is 1.18 bits per heavy atom. The fourth-order valence-electron chi connectivity index (χ4n) is 4.08. The number of benzene rings is 1. The van der Waals surface area contributed by atoms with Crippen molar-refractivity contribution < 1.29 is 51.6 Å². The molecule has 0 saturated carbocycles. The fourth-order valence-corrected chi connectivity index (χ4v) is 4.08. The Morgan fingerprint density at radius 3 is 2.45 bits per heavy atom. The van der Waals surface area contributed by atoms with Gasteiger partial charge in [-0.3, -0.25) is 9.59 Å². The van der Waals surface area contributed by atoms with Crippen molar-refractivity contribution in [3.05, 3.63) is 53.3 Å². The summed E-state index contributed by atoms with van der Waals surface area (Å²) in [4.78, 5) is 42.1. The number of pyridine rings is 1. The van der Waals surface area contributed by atoms with Crippen LogP contribution in [-0.4, -0.2) is 66.5 Å². The van der Waals surface area contributed by atoms with Crippen molar-refractivity contribution in [2.75, 3.05) is 20.3 Å². The van der Waals surface area contributed by atoms with Crippen LogP contribution in [0.4, 0.5) is 13.2 Å². The third kappa shape index (κ3) is 7.62. The maximum absolute atomic E-state index is 13.0. The lowest BCUT2D eigenvalue weighted by Gasteiger charge is -2.31. The normalized spacial score (nSPS) is 21.9. The number of cyclic esters (lactones) is 1. The van der Waals surface area contributed by atoms with Crippen molar-refractivity contribution in [3.63, 3.8) is 0 Å². The summed E-state index contributed by atoms with van der Waals surface area (Å²) in [6.45, 7) is 4.35. The van der Waals surface area contributed by atoms with Gasteiger partial charge in [-0.2, -0.15) is 13.2 Å². The number of nitrogens with zero attached hydrogens (tertiary/aromatic N) is 1. The molecule has 0 spiro atoms. The highest BCUT2D eigenvalue weighted by Gasteiger charge is 2.38. The van der Waals surface area contributed by atoms with E-state index < -0.39 is 65.4 Å². The Labute approximate surface area is 228 Å². The van der Waals surface area contributed by atoms with Crippen LogP contribution in [0, 0.1) is 11.8 Å². The predicted octanol–water partition coefficient (Wildman–Crippen LogP) is 3.30. The van der Waals surface area contributed by atoms with Gasteiger partial charge >= 0.3 is 18.1 Å². The minimum Gasteiger partial charge on any atom is -0.503 e. The lowest BCUT2D eigenvalue weighted by atomic mass is 9.91. The summed E-state index contributed by atoms with van der Waals surface area (Å²) >= 11 is 0. The van der Waals surface area contributed by atoms with E-state index in [1.54, 1.807) is 13.8 Å². The van der Waals surface area contributed by atoms with E-state index in [1.165, 1.54) is 38.4 Å². The first-order valence-corrected chi connectivity index (χ1v) is 12.5. The first kappa shape index (κ1) is 30.7. The summed E-state index contributed by atoms with van der Waals surface area (Å²) in [5.74, 6) is -3.97. The molecule has 2 heterocycles. The minimum atomic E-state index is -4.49. The molecule has 1 aromatic carbocycles. The van der Waals surface area contributed by atoms with Crippen LogP contribution >= 0.6 is 0 Å². The number of alkyl halides is 3. The summed E-state index contributed by atoms with van der Waals surface area (Å²) in [5, 5.41) is 12.7. The van der Waals surface area contributed by atoms with Crippen LogP contribution in [0.2, 0.25) is 0 Å². The number of halogens is 3. The second-order valence-electron chi connectivity index (χ2n) is 9.63. The molecule has 0 unspecified atom stereocenters. The Morgan fingerprint density at radius 2 is 1.85 bits per heavy atom. The van der Waals surface area contributed by atoms with Crippen LogP contribution in [-0.2, 0) is 36.4 Å². The Bertz CT molecular complexity index is 1200. The number of aromatic nitrogens is 1. The average Bonchev–Trinajstić information content (AvgIpc) is 2.94. The topological polar surface area (TPSA) is 133 Å². The van der Waals surface area contributed by atoms with E-state index in [1.807, 2.05) is 0 Å². The van der Waals surface area contributed by atoms with E-state index in [9.17, 15) is 32.7 Å². The molecular weight excluding hydrogens is 537 g/mol. The first-order valence-electron chi connectivity index (χ1n) is 12.5. The molecule has 3 rings (SSSR count). The zero-order chi connectivity index (χ0) is 29.6. The average molecular weight is 569 g/mol. The third-order valence-electron chi connectivity index (χ3n) is 6.26. The molecule has 1 amide bonds. The molecule has 13 heteroatoms. The minimum absolute atomic E-state index is 0.00276. The lowest BCUT2D eigenvalue weighted by molar-refractivity contribution is -0.173. The molecule has 0 aliphatic carbocycles. The van der Waals surface area contributed by atoms with Crippen LogP contribution in [0.25, 0.3) is 0 Å². The van der Waals surface area contributed by atoms with Gasteiger partial charge in [-0.05, 0) is 31.0 Å². The van der Waals surface area contributed by atoms with Crippen LogP contribution in [0.3, 0.4) is 0 Å². The zero-order valence-electron chi connectivity index (χ0n) is 22.4. The maximum atomic E-state index is 13.0. The van der Waals surface area contributed by atoms with E-state index in [4.69, 9.17) is 18.9 Å². The highest BCUT2D eigenvalue weighted by atomic mass is 19.4. The van der Waals surface area contributed by atoms with Crippen molar-refractivity contribution >= 4 is 17.8 Å². The number of esters is 2. The number of carbonyl (C=O) groups is 3. The first-order chi connectivity index (χ1) is 18.8. The van der Waals surface area contributed by atoms with Gasteiger partial charge in [0.2, 0.25) is 0 Å². The predicted molar refractivity (Wildman–Crippen MR) is 133 cm³/mol. The second-order valence-corrected chi connectivity index (χ2v) is 9.63. The summed E-state index contributed by atoms with van der Waals surface area (Å²) in [6, 6.07) is 4.60. The smallest absolute Gasteiger partial charge is 0.416 e. The van der Waals surface area contributed by atoms with Gasteiger partial charge in [-0.1, -0.05) is 26.0 Å². The molecule has 10 nitrogen and oxygen atoms in total. The number of hydrogen-bond acceptors (Lipinski definition) is 9. The van der Waals surface area contributed by atoms with Crippen molar-refractivity contribution in [1.29, 1.82) is 0 Å². The van der Waals surface area contributed by atoms with Gasteiger partial charge < -0.3 is 29.4 Å². The number of nitrogens with one attached hydrogen (secondary N) is 1. The molecule has 1 saturated heterocycles. The molecule has 4 atom stereocenters. The molecule has 1 fully saturated rings. The highest BCUT2D eigenvalue weighted by molar-refractivity contribution is 5.98. The van der Waals surface area contributed by atoms with Gasteiger partial charge in [-0.25, -0.2) is 9.78 Å². The largest absolute Gasteiger partial charge is 0.503 e. The quantitative estimate of drug-likeness (QED) is 0.483. The molecule has 218 valence electrons. The van der Waals surface area contributed by atoms with Crippen LogP contribution in [0.15, 0.2) is 36.5 Å². The monoisotopic (exact) mass is 568 g/mol. The SMILES string of the molecule is COc1ccnc(C(=O)N[C@H]2COC[C@H](Cc3ccc(C(F)(F)F)cc3)[C@@H](OC(=O)C(C)C)[C@H](C)OC2=O)c1O. The molecule has 1 aliphatic rings. The summed E-state index contributed by atoms with van der Waals surface area (Å²) in [7, 11) is 1.30. The number of hydrogen-bond donors (Lipinski definition) is 2. The molecule has 40 heavy (non-hydrogen) atoms. The standard InChI is InChI=1S/C27H31F3N2O8/c1-14(2)25(35)40-23-15(3)39-26(36)19(32-24(34)21-22(33)20(37-4)9-10-31-21)13-38-12-17(23)11-16-5-7-18(8-6-16)27(28,29)30/h5-10,14-15,17,19,23,33H,11-13H2,1-4H3,(H,32,34)/t15-,17-,19-,23-/m0/s1. The summed E-state index contributed by atoms with van der Waals surface area (Å²) < 4.78 is 61.0. The molecule has 0 radical (unpaired) electrons. The van der Waals surface area contributed by atoms with Crippen LogP contribution in [0.1, 0.15) is 42.4 Å². The highest BCUT2D eigenvalue weighted by Crippen LogP contribution is 2.31. The van der Waals surface area contributed by atoms with Crippen LogP contribution < -0.4 is 10.1 Å². The Balaban J connectivity index is 1.83. The zero-order valence-corrected chi connectivity index (χ0v) is 22.4. The number of carbonyl (C=O) groups excluding carboxylic acids is 3. The number of methoxy groups -OCH3 is 1. The number of ether oxygens (including phenoxy) is 4. The lowest BCUT2D eigenvalue weighted by Crippen LogP contribution is -2.47. The Hall–Kier alpha value is -3.87. The van der Waals surface area contributed by atoms with Crippen LogP contribution in [0.5, 0.6) is 11.5 Å². The Kier molecular flexibility index (Phi) is 9.96. The molecular formula is C27H31F3N2O8. The van der Waals surface area contributed by atoms with E-state index in [0.717, 1.165) is 12.1 Å². The van der Waals surface area contributed by atoms with Gasteiger partial charge in [0.05, 0.1) is 31.8 Å². The summed E-state index contributed by atoms with van der Waals surface area (Å²) in [5.41, 5.74) is -0.666. The van der Waals surface area contributed by atoms with Crippen molar-refractivity contribution in [2.45, 2.75) is 51.6 Å². The second kappa shape index (κ2) is 13.0. The van der Waals surface area contributed by atoms with Crippen molar-refractivity contribution in [2.24, 2.45) is 11.8 Å². The molecule has 2 aromatic rings. The third-order valence-corrected chi connectivity index (χ3v) is 6.26. The molecule has 1 aromatic heterocycles. The van der Waals surface area contributed by atoms with E-state index >= 15 is 0 Å². The van der Waals surface area contributed by atoms with Gasteiger partial charge in [0.15, 0.2) is 23.2 Å². The number of rotatable bonds is 7. The molecule has 0 bridgehead atoms. The van der Waals surface area contributed by atoms with Gasteiger partial charge in [-0.15, -0.1) is 0 Å². The number of amides is 1. The molecule has 1 aliphatic heterocycles. The van der Waals surface area contributed by atoms with Gasteiger partial charge in [0.1, 0.15) is 12.2 Å². The molecule has 2 N–H and O–H groups in total.